The largest absolute Gasteiger partial charge is 0.377 e. The highest BCUT2D eigenvalue weighted by molar-refractivity contribution is 6.31. The first kappa shape index (κ1) is 18.2. The lowest BCUT2D eigenvalue weighted by atomic mass is 10.1. The minimum atomic E-state index is 0.0593. The highest BCUT2D eigenvalue weighted by atomic mass is 35.5. The molecule has 21 heavy (non-hydrogen) atoms. The van der Waals surface area contributed by atoms with Crippen LogP contribution in [0.3, 0.4) is 0 Å². The van der Waals surface area contributed by atoms with Gasteiger partial charge in [-0.1, -0.05) is 11.6 Å². The monoisotopic (exact) mass is 313 g/mol. The van der Waals surface area contributed by atoms with Crippen LogP contribution in [0.25, 0.3) is 0 Å². The van der Waals surface area contributed by atoms with Crippen LogP contribution in [0, 0.1) is 0 Å². The molecule has 4 nitrogen and oxygen atoms in total. The summed E-state index contributed by atoms with van der Waals surface area (Å²) in [5, 5.41) is 4.14. The molecular weight excluding hydrogens is 286 g/mol. The summed E-state index contributed by atoms with van der Waals surface area (Å²) in [4.78, 5) is 6.47. The molecule has 0 fully saturated rings. The maximum atomic E-state index is 6.23. The third kappa shape index (κ3) is 7.11. The van der Waals surface area contributed by atoms with Crippen molar-refractivity contribution in [3.8, 4) is 0 Å². The van der Waals surface area contributed by atoms with Crippen molar-refractivity contribution in [1.29, 1.82) is 0 Å². The first-order chi connectivity index (χ1) is 9.69. The van der Waals surface area contributed by atoms with Gasteiger partial charge in [-0.05, 0) is 46.2 Å². The fourth-order valence-corrected chi connectivity index (χ4v) is 1.88. The summed E-state index contributed by atoms with van der Waals surface area (Å²) in [5.41, 5.74) is 1.12. The van der Waals surface area contributed by atoms with Gasteiger partial charge in [0, 0.05) is 31.9 Å². The molecule has 5 heteroatoms. The van der Waals surface area contributed by atoms with Gasteiger partial charge in [0.15, 0.2) is 0 Å². The molecule has 0 amide bonds. The van der Waals surface area contributed by atoms with Gasteiger partial charge in [-0.2, -0.15) is 0 Å². The first-order valence-electron chi connectivity index (χ1n) is 7.41. The zero-order chi connectivity index (χ0) is 16.0. The Morgan fingerprint density at radius 1 is 1.38 bits per heavy atom. The minimum Gasteiger partial charge on any atom is -0.377 e. The molecular formula is C16H28ClN3O. The van der Waals surface area contributed by atoms with Crippen molar-refractivity contribution >= 4 is 17.4 Å². The second-order valence-electron chi connectivity index (χ2n) is 6.58. The maximum absolute atomic E-state index is 6.23. The number of rotatable bonds is 7. The van der Waals surface area contributed by atoms with Gasteiger partial charge in [-0.15, -0.1) is 0 Å². The molecule has 0 aromatic carbocycles. The quantitative estimate of drug-likeness (QED) is 0.836. The normalized spacial score (nSPS) is 12.0. The number of hydrogen-bond acceptors (Lipinski definition) is 4. The maximum Gasteiger partial charge on any atom is 0.128 e. The number of nitrogens with zero attached hydrogens (tertiary/aromatic N) is 2. The van der Waals surface area contributed by atoms with Gasteiger partial charge in [0.1, 0.15) is 5.82 Å². The van der Waals surface area contributed by atoms with E-state index in [0.717, 1.165) is 24.5 Å². The average Bonchev–Trinajstić information content (AvgIpc) is 2.36. The summed E-state index contributed by atoms with van der Waals surface area (Å²) in [6.07, 6.45) is 1.97. The summed E-state index contributed by atoms with van der Waals surface area (Å²) in [6.45, 7) is 12.7. The minimum absolute atomic E-state index is 0.0593. The van der Waals surface area contributed by atoms with E-state index < -0.39 is 0 Å². The highest BCUT2D eigenvalue weighted by Crippen LogP contribution is 2.20. The average molecular weight is 314 g/mol. The molecule has 120 valence electrons. The van der Waals surface area contributed by atoms with Crippen LogP contribution >= 0.6 is 11.6 Å². The first-order valence-corrected chi connectivity index (χ1v) is 7.79. The van der Waals surface area contributed by atoms with E-state index in [2.05, 4.69) is 36.0 Å². The Kier molecular flexibility index (Phi) is 6.91. The molecule has 0 aliphatic carbocycles. The van der Waals surface area contributed by atoms with Gasteiger partial charge in [0.2, 0.25) is 0 Å². The van der Waals surface area contributed by atoms with Crippen LogP contribution in [0.4, 0.5) is 5.82 Å². The number of likely N-dealkylation sites (N-methyl/N-ethyl adjacent to an activating group) is 1. The Bertz CT molecular complexity index is 444. The molecule has 1 rings (SSSR count). The summed E-state index contributed by atoms with van der Waals surface area (Å²) >= 11 is 6.23. The molecule has 0 aliphatic heterocycles. The van der Waals surface area contributed by atoms with Gasteiger partial charge in [0.05, 0.1) is 17.7 Å². The lowest BCUT2D eigenvalue weighted by Gasteiger charge is -2.23. The Hall–Kier alpha value is -0.840. The van der Waals surface area contributed by atoms with E-state index in [4.69, 9.17) is 16.3 Å². The summed E-state index contributed by atoms with van der Waals surface area (Å²) in [5.74, 6) is 0.914. The van der Waals surface area contributed by atoms with Crippen molar-refractivity contribution in [1.82, 2.24) is 10.3 Å². The van der Waals surface area contributed by atoms with Gasteiger partial charge >= 0.3 is 0 Å². The number of aromatic nitrogens is 1. The fraction of sp³-hybridized carbons (Fsp3) is 0.688. The van der Waals surface area contributed by atoms with Gasteiger partial charge in [-0.3, -0.25) is 0 Å². The highest BCUT2D eigenvalue weighted by Gasteiger charge is 2.12. The zero-order valence-corrected chi connectivity index (χ0v) is 14.8. The molecule has 1 N–H and O–H groups in total. The van der Waals surface area contributed by atoms with Crippen molar-refractivity contribution in [2.24, 2.45) is 0 Å². The topological polar surface area (TPSA) is 37.4 Å². The third-order valence-corrected chi connectivity index (χ3v) is 3.34. The fourth-order valence-electron chi connectivity index (χ4n) is 1.71. The molecule has 0 unspecified atom stereocenters. The van der Waals surface area contributed by atoms with Crippen LogP contribution in [0.5, 0.6) is 0 Å². The second-order valence-corrected chi connectivity index (χ2v) is 6.99. The van der Waals surface area contributed by atoms with Crippen LogP contribution in [-0.2, 0) is 11.3 Å². The molecule has 1 aromatic rings. The molecule has 1 heterocycles. The molecule has 0 saturated heterocycles. The van der Waals surface area contributed by atoms with Gasteiger partial charge in [0.25, 0.3) is 0 Å². The number of nitrogens with one attached hydrogen (secondary N) is 1. The van der Waals surface area contributed by atoms with Crippen molar-refractivity contribution in [3.63, 3.8) is 0 Å². The van der Waals surface area contributed by atoms with E-state index in [1.54, 1.807) is 6.20 Å². The number of ether oxygens (including phenoxy) is 1. The van der Waals surface area contributed by atoms with Crippen LogP contribution in [0.15, 0.2) is 12.3 Å². The summed E-state index contributed by atoms with van der Waals surface area (Å²) in [6, 6.07) is 2.04. The van der Waals surface area contributed by atoms with Crippen molar-refractivity contribution in [2.75, 3.05) is 25.1 Å². The van der Waals surface area contributed by atoms with E-state index in [1.807, 2.05) is 27.0 Å². The Labute approximate surface area is 133 Å². The molecule has 0 saturated carbocycles. The van der Waals surface area contributed by atoms with E-state index >= 15 is 0 Å². The standard InChI is InChI=1S/C16H28ClN3O/c1-12(2)21-8-7-20(6)15-9-13(14(17)11-18-15)10-19-16(3,4)5/h9,11-12,19H,7-8,10H2,1-6H3. The van der Waals surface area contributed by atoms with Crippen molar-refractivity contribution < 1.29 is 4.74 Å². The molecule has 0 atom stereocenters. The molecule has 0 spiro atoms. The van der Waals surface area contributed by atoms with Crippen molar-refractivity contribution in [2.45, 2.75) is 52.8 Å². The van der Waals surface area contributed by atoms with Crippen LogP contribution in [0.1, 0.15) is 40.2 Å². The Balaban J connectivity index is 2.67. The lowest BCUT2D eigenvalue weighted by molar-refractivity contribution is 0.0845. The Morgan fingerprint density at radius 2 is 2.05 bits per heavy atom. The number of pyridine rings is 1. The molecule has 0 radical (unpaired) electrons. The summed E-state index contributed by atoms with van der Waals surface area (Å²) in [7, 11) is 2.01. The summed E-state index contributed by atoms with van der Waals surface area (Å²) < 4.78 is 5.57. The number of hydrogen-bond donors (Lipinski definition) is 1. The van der Waals surface area contributed by atoms with Crippen LogP contribution < -0.4 is 10.2 Å². The molecule has 0 bridgehead atoms. The van der Waals surface area contributed by atoms with Gasteiger partial charge < -0.3 is 15.0 Å². The van der Waals surface area contributed by atoms with Crippen LogP contribution in [0.2, 0.25) is 5.02 Å². The number of anilines is 1. The predicted molar refractivity (Wildman–Crippen MR) is 90.2 cm³/mol. The zero-order valence-electron chi connectivity index (χ0n) is 14.0. The third-order valence-electron chi connectivity index (χ3n) is 3.00. The van der Waals surface area contributed by atoms with E-state index in [1.165, 1.54) is 0 Å². The van der Waals surface area contributed by atoms with E-state index in [-0.39, 0.29) is 11.6 Å². The SMILES string of the molecule is CC(C)OCCN(C)c1cc(CNC(C)(C)C)c(Cl)cn1. The predicted octanol–water partition coefficient (Wildman–Crippen LogP) is 3.48. The van der Waals surface area contributed by atoms with E-state index in [9.17, 15) is 0 Å². The smallest absolute Gasteiger partial charge is 0.128 e. The van der Waals surface area contributed by atoms with Crippen LogP contribution in [-0.4, -0.2) is 36.8 Å². The molecule has 0 aliphatic rings. The lowest BCUT2D eigenvalue weighted by Crippen LogP contribution is -2.35. The van der Waals surface area contributed by atoms with Crippen molar-refractivity contribution in [3.05, 3.63) is 22.8 Å². The Morgan fingerprint density at radius 3 is 2.62 bits per heavy atom. The molecule has 1 aromatic heterocycles. The van der Waals surface area contributed by atoms with Gasteiger partial charge in [-0.25, -0.2) is 4.98 Å². The second kappa shape index (κ2) is 7.97. The number of halogens is 1. The van der Waals surface area contributed by atoms with E-state index in [0.29, 0.717) is 11.6 Å².